The largest absolute Gasteiger partial charge is 0.486 e. The maximum absolute atomic E-state index is 13.1. The van der Waals surface area contributed by atoms with Crippen LogP contribution in [0.2, 0.25) is 5.02 Å². The van der Waals surface area contributed by atoms with E-state index < -0.39 is 24.9 Å². The van der Waals surface area contributed by atoms with Crippen molar-refractivity contribution in [1.82, 2.24) is 10.3 Å². The molecule has 0 fully saturated rings. The molecule has 0 aliphatic rings. The second kappa shape index (κ2) is 10.8. The van der Waals surface area contributed by atoms with E-state index in [1.807, 2.05) is 0 Å². The SMILES string of the molecule is Cc1nc(COc2ccc(Cl)cc2)sc1C(=O)NCC(F)(F)CN.Cl.Cl. The molecule has 3 N–H and O–H groups in total. The van der Waals surface area contributed by atoms with Crippen molar-refractivity contribution in [2.45, 2.75) is 19.5 Å². The summed E-state index contributed by atoms with van der Waals surface area (Å²) in [6.45, 7) is 0.170. The molecule has 0 saturated carbocycles. The molecule has 0 bridgehead atoms. The average Bonchev–Trinajstić information content (AvgIpc) is 2.93. The lowest BCUT2D eigenvalue weighted by Crippen LogP contribution is -2.41. The quantitative estimate of drug-likeness (QED) is 0.674. The maximum Gasteiger partial charge on any atom is 0.277 e. The van der Waals surface area contributed by atoms with Crippen molar-refractivity contribution in [3.8, 4) is 5.75 Å². The number of ether oxygens (including phenoxy) is 1. The van der Waals surface area contributed by atoms with Crippen molar-refractivity contribution in [1.29, 1.82) is 0 Å². The zero-order valence-electron chi connectivity index (χ0n) is 13.6. The normalized spacial score (nSPS) is 10.5. The summed E-state index contributed by atoms with van der Waals surface area (Å²) in [5.41, 5.74) is 5.39. The summed E-state index contributed by atoms with van der Waals surface area (Å²) in [6.07, 6.45) is 0. The van der Waals surface area contributed by atoms with E-state index in [9.17, 15) is 13.6 Å². The fourth-order valence-electron chi connectivity index (χ4n) is 1.76. The van der Waals surface area contributed by atoms with Crippen LogP contribution in [0.5, 0.6) is 5.75 Å². The molecular formula is C15H18Cl3F2N3O2S. The van der Waals surface area contributed by atoms with Gasteiger partial charge in [0.1, 0.15) is 22.2 Å². The minimum absolute atomic E-state index is 0. The number of rotatable bonds is 7. The van der Waals surface area contributed by atoms with Crippen molar-refractivity contribution >= 4 is 53.7 Å². The van der Waals surface area contributed by atoms with E-state index in [1.165, 1.54) is 0 Å². The summed E-state index contributed by atoms with van der Waals surface area (Å²) < 4.78 is 31.7. The Balaban J connectivity index is 0.00000312. The molecule has 0 radical (unpaired) electrons. The first kappa shape index (κ1) is 24.8. The molecule has 1 aromatic carbocycles. The van der Waals surface area contributed by atoms with Gasteiger partial charge in [-0.2, -0.15) is 0 Å². The van der Waals surface area contributed by atoms with E-state index in [4.69, 9.17) is 22.1 Å². The lowest BCUT2D eigenvalue weighted by Gasteiger charge is -2.13. The van der Waals surface area contributed by atoms with E-state index in [-0.39, 0.29) is 36.3 Å². The number of nitrogens with zero attached hydrogens (tertiary/aromatic N) is 1. The second-order valence-electron chi connectivity index (χ2n) is 5.01. The first-order valence-electron chi connectivity index (χ1n) is 7.01. The number of halogens is 5. The molecule has 26 heavy (non-hydrogen) atoms. The Hall–Kier alpha value is -1.19. The fraction of sp³-hybridized carbons (Fsp3) is 0.333. The van der Waals surface area contributed by atoms with Gasteiger partial charge in [0.05, 0.1) is 18.8 Å². The maximum atomic E-state index is 13.1. The van der Waals surface area contributed by atoms with Gasteiger partial charge in [0, 0.05) is 5.02 Å². The highest BCUT2D eigenvalue weighted by Crippen LogP contribution is 2.21. The molecule has 0 saturated heterocycles. The van der Waals surface area contributed by atoms with Crippen LogP contribution >= 0.6 is 47.8 Å². The summed E-state index contributed by atoms with van der Waals surface area (Å²) in [5.74, 6) is -3.12. The van der Waals surface area contributed by atoms with Gasteiger partial charge in [-0.05, 0) is 31.2 Å². The van der Waals surface area contributed by atoms with Crippen molar-refractivity contribution in [3.63, 3.8) is 0 Å². The van der Waals surface area contributed by atoms with Gasteiger partial charge in [0.15, 0.2) is 0 Å². The van der Waals surface area contributed by atoms with Crippen LogP contribution < -0.4 is 15.8 Å². The summed E-state index contributed by atoms with van der Waals surface area (Å²) in [5, 5.41) is 3.34. The zero-order valence-corrected chi connectivity index (χ0v) is 16.8. The van der Waals surface area contributed by atoms with Crippen molar-refractivity contribution in [2.24, 2.45) is 5.73 Å². The number of benzene rings is 1. The van der Waals surface area contributed by atoms with E-state index in [0.29, 0.717) is 21.5 Å². The molecule has 0 spiro atoms. The Morgan fingerprint density at radius 2 is 1.96 bits per heavy atom. The van der Waals surface area contributed by atoms with Crippen LogP contribution in [0.25, 0.3) is 0 Å². The molecule has 1 amide bonds. The number of amides is 1. The Morgan fingerprint density at radius 3 is 2.54 bits per heavy atom. The number of nitrogens with one attached hydrogen (secondary N) is 1. The third-order valence-corrected chi connectivity index (χ3v) is 4.41. The van der Waals surface area contributed by atoms with Crippen LogP contribution in [0.1, 0.15) is 20.4 Å². The molecule has 1 aromatic heterocycles. The summed E-state index contributed by atoms with van der Waals surface area (Å²) in [4.78, 5) is 16.5. The fourth-order valence-corrected chi connectivity index (χ4v) is 2.78. The van der Waals surface area contributed by atoms with Crippen LogP contribution in [0.4, 0.5) is 8.78 Å². The molecule has 146 valence electrons. The number of carbonyl (C=O) groups excluding carboxylic acids is 1. The number of thiazole rings is 1. The van der Waals surface area contributed by atoms with Gasteiger partial charge in [-0.25, -0.2) is 13.8 Å². The molecule has 0 aliphatic carbocycles. The first-order valence-corrected chi connectivity index (χ1v) is 8.21. The van der Waals surface area contributed by atoms with Gasteiger partial charge in [-0.1, -0.05) is 11.6 Å². The summed E-state index contributed by atoms with van der Waals surface area (Å²) in [7, 11) is 0. The Morgan fingerprint density at radius 1 is 1.35 bits per heavy atom. The second-order valence-corrected chi connectivity index (χ2v) is 6.53. The molecule has 2 rings (SSSR count). The number of alkyl halides is 2. The minimum atomic E-state index is -3.13. The van der Waals surface area contributed by atoms with E-state index in [2.05, 4.69) is 10.3 Å². The van der Waals surface area contributed by atoms with Gasteiger partial charge in [0.2, 0.25) is 0 Å². The van der Waals surface area contributed by atoms with Crippen LogP contribution in [-0.2, 0) is 6.61 Å². The number of nitrogens with two attached hydrogens (primary N) is 1. The Bertz CT molecular complexity index is 715. The summed E-state index contributed by atoms with van der Waals surface area (Å²) >= 11 is 6.89. The van der Waals surface area contributed by atoms with Gasteiger partial charge < -0.3 is 15.8 Å². The highest BCUT2D eigenvalue weighted by molar-refractivity contribution is 7.13. The number of aromatic nitrogens is 1. The third-order valence-electron chi connectivity index (χ3n) is 3.03. The van der Waals surface area contributed by atoms with Gasteiger partial charge >= 0.3 is 0 Å². The number of aryl methyl sites for hydroxylation is 1. The van der Waals surface area contributed by atoms with Crippen molar-refractivity contribution in [2.75, 3.05) is 13.1 Å². The standard InChI is InChI=1S/C15H16ClF2N3O2S.2ClH/c1-9-13(14(22)20-8-15(17,18)7-19)24-12(21-9)6-23-11-4-2-10(16)3-5-11;;/h2-5H,6-8,19H2,1H3,(H,20,22);2*1H. The predicted molar refractivity (Wildman–Crippen MR) is 103 cm³/mol. The van der Waals surface area contributed by atoms with Gasteiger partial charge in [0.25, 0.3) is 11.8 Å². The van der Waals surface area contributed by atoms with Crippen LogP contribution in [0, 0.1) is 6.92 Å². The molecule has 0 unspecified atom stereocenters. The smallest absolute Gasteiger partial charge is 0.277 e. The van der Waals surface area contributed by atoms with Crippen LogP contribution in [0.15, 0.2) is 24.3 Å². The van der Waals surface area contributed by atoms with E-state index >= 15 is 0 Å². The van der Waals surface area contributed by atoms with Crippen molar-refractivity contribution < 1.29 is 18.3 Å². The topological polar surface area (TPSA) is 77.2 Å². The lowest BCUT2D eigenvalue weighted by molar-refractivity contribution is 0.0119. The van der Waals surface area contributed by atoms with Crippen molar-refractivity contribution in [3.05, 3.63) is 44.9 Å². The van der Waals surface area contributed by atoms with E-state index in [1.54, 1.807) is 31.2 Å². The lowest BCUT2D eigenvalue weighted by atomic mass is 10.3. The molecule has 2 aromatic rings. The number of hydrogen-bond donors (Lipinski definition) is 2. The molecule has 11 heteroatoms. The summed E-state index contributed by atoms with van der Waals surface area (Å²) in [6, 6.07) is 6.82. The average molecular weight is 449 g/mol. The molecule has 5 nitrogen and oxygen atoms in total. The molecule has 1 heterocycles. The third kappa shape index (κ3) is 7.20. The highest BCUT2D eigenvalue weighted by atomic mass is 35.5. The Kier molecular flexibility index (Phi) is 10.3. The van der Waals surface area contributed by atoms with Gasteiger partial charge in [-0.3, -0.25) is 4.79 Å². The van der Waals surface area contributed by atoms with Gasteiger partial charge in [-0.15, -0.1) is 36.2 Å². The zero-order chi connectivity index (χ0) is 17.7. The first-order chi connectivity index (χ1) is 11.3. The monoisotopic (exact) mass is 447 g/mol. The number of carbonyl (C=O) groups is 1. The predicted octanol–water partition coefficient (Wildman–Crippen LogP) is 3.85. The highest BCUT2D eigenvalue weighted by Gasteiger charge is 2.28. The number of hydrogen-bond acceptors (Lipinski definition) is 5. The minimum Gasteiger partial charge on any atom is -0.486 e. The van der Waals surface area contributed by atoms with E-state index in [0.717, 1.165) is 11.3 Å². The molecule has 0 aliphatic heterocycles. The molecular weight excluding hydrogens is 431 g/mol. The molecule has 0 atom stereocenters. The van der Waals surface area contributed by atoms with Crippen LogP contribution in [-0.4, -0.2) is 29.9 Å². The van der Waals surface area contributed by atoms with Crippen LogP contribution in [0.3, 0.4) is 0 Å². The Labute approximate surface area is 171 Å².